The molecule has 10 heteroatoms. The number of H-pyrrole nitrogens is 1. The van der Waals surface area contributed by atoms with Crippen molar-refractivity contribution in [1.82, 2.24) is 14.9 Å². The molecule has 0 bridgehead atoms. The molecule has 0 fully saturated rings. The molecule has 5 N–H and O–H groups in total. The molecule has 3 heterocycles. The quantitative estimate of drug-likeness (QED) is 0.292. The topological polar surface area (TPSA) is 133 Å². The van der Waals surface area contributed by atoms with Crippen molar-refractivity contribution in [1.29, 1.82) is 0 Å². The van der Waals surface area contributed by atoms with Crippen molar-refractivity contribution in [3.05, 3.63) is 71.0 Å². The molecule has 0 aliphatic carbocycles. The van der Waals surface area contributed by atoms with Gasteiger partial charge >= 0.3 is 0 Å². The number of thiol groups is 1. The van der Waals surface area contributed by atoms with Gasteiger partial charge in [-0.1, -0.05) is 18.2 Å². The number of Topliss-reactive ketones (excluding diaryl/α,β-unsaturated/α-hetero) is 1. The molecule has 0 unspecified atom stereocenters. The predicted octanol–water partition coefficient (Wildman–Crippen LogP) is 3.03. The van der Waals surface area contributed by atoms with Gasteiger partial charge in [-0.05, 0) is 24.3 Å². The van der Waals surface area contributed by atoms with E-state index in [0.29, 0.717) is 34.0 Å². The number of nitrogens with one attached hydrogen (secondary N) is 3. The summed E-state index contributed by atoms with van der Waals surface area (Å²) in [5.74, 6) is -0.507. The number of aromatic nitrogens is 2. The van der Waals surface area contributed by atoms with Gasteiger partial charge in [0.25, 0.3) is 5.91 Å². The molecule has 9 nitrogen and oxygen atoms in total. The molecule has 1 aromatic carbocycles. The number of nitrogens with two attached hydrogens (primary N) is 1. The highest BCUT2D eigenvalue weighted by Gasteiger charge is 2.33. The first-order valence-corrected chi connectivity index (χ1v) is 10.6. The van der Waals surface area contributed by atoms with E-state index < -0.39 is 5.91 Å². The van der Waals surface area contributed by atoms with Gasteiger partial charge < -0.3 is 26.3 Å². The molecule has 2 aromatic heterocycles. The number of para-hydroxylation sites is 1. The Balaban J connectivity index is 1.81. The molecule has 1 aliphatic rings. The number of amides is 2. The highest BCUT2D eigenvalue weighted by molar-refractivity contribution is 7.85. The molecule has 0 saturated carbocycles. The second-order valence-corrected chi connectivity index (χ2v) is 7.95. The van der Waals surface area contributed by atoms with Crippen LogP contribution in [0.15, 0.2) is 59.8 Å². The van der Waals surface area contributed by atoms with Crippen molar-refractivity contribution in [3.63, 3.8) is 0 Å². The molecule has 0 saturated heterocycles. The standard InChI is InChI=1S/C23H22N6O3S/c1-13(30)26-19-9-14(7-8-25-19)21-22(27-15-5-3-2-4-6-15)20-16(28-21)11-29(12-17(20)31)23(32)18(33)10-24/h2-10,27-28,33H,11-12,24H2,1H3,(H,25,26,30)/b18-10-. The number of nitrogens with zero attached hydrogens (tertiary/aromatic N) is 2. The number of carbonyl (C=O) groups is 3. The first kappa shape index (κ1) is 22.2. The number of fused-ring (bicyclic) bond motifs is 1. The number of rotatable bonds is 5. The second-order valence-electron chi connectivity index (χ2n) is 7.47. The Morgan fingerprint density at radius 3 is 2.67 bits per heavy atom. The van der Waals surface area contributed by atoms with E-state index in [-0.39, 0.29) is 29.7 Å². The van der Waals surface area contributed by atoms with Crippen LogP contribution in [-0.4, -0.2) is 39.0 Å². The third-order valence-corrected chi connectivity index (χ3v) is 5.44. The van der Waals surface area contributed by atoms with Gasteiger partial charge in [0.15, 0.2) is 5.78 Å². The van der Waals surface area contributed by atoms with Crippen LogP contribution in [0, 0.1) is 0 Å². The number of carbonyl (C=O) groups excluding carboxylic acids is 3. The monoisotopic (exact) mass is 462 g/mol. The van der Waals surface area contributed by atoms with Crippen molar-refractivity contribution in [2.45, 2.75) is 13.5 Å². The summed E-state index contributed by atoms with van der Waals surface area (Å²) < 4.78 is 0. The van der Waals surface area contributed by atoms with Crippen molar-refractivity contribution in [2.75, 3.05) is 17.2 Å². The van der Waals surface area contributed by atoms with Crippen LogP contribution in [0.25, 0.3) is 11.3 Å². The van der Waals surface area contributed by atoms with Crippen molar-refractivity contribution < 1.29 is 14.4 Å². The molecular formula is C23H22N6O3S. The van der Waals surface area contributed by atoms with E-state index in [9.17, 15) is 14.4 Å². The van der Waals surface area contributed by atoms with E-state index in [0.717, 1.165) is 11.9 Å². The first-order valence-electron chi connectivity index (χ1n) is 10.1. The summed E-state index contributed by atoms with van der Waals surface area (Å²) in [4.78, 5) is 46.1. The van der Waals surface area contributed by atoms with E-state index in [4.69, 9.17) is 5.73 Å². The maximum atomic E-state index is 13.2. The summed E-state index contributed by atoms with van der Waals surface area (Å²) in [6.07, 6.45) is 2.68. The fraction of sp³-hybridized carbons (Fsp3) is 0.130. The molecule has 168 valence electrons. The highest BCUT2D eigenvalue weighted by atomic mass is 32.1. The summed E-state index contributed by atoms with van der Waals surface area (Å²) in [5, 5.41) is 6.00. The van der Waals surface area contributed by atoms with Crippen molar-refractivity contribution in [3.8, 4) is 11.3 Å². The van der Waals surface area contributed by atoms with Crippen LogP contribution < -0.4 is 16.4 Å². The number of anilines is 3. The van der Waals surface area contributed by atoms with Crippen LogP contribution in [-0.2, 0) is 16.1 Å². The van der Waals surface area contributed by atoms with Gasteiger partial charge in [-0.3, -0.25) is 14.4 Å². The Morgan fingerprint density at radius 2 is 1.97 bits per heavy atom. The Kier molecular flexibility index (Phi) is 6.18. The summed E-state index contributed by atoms with van der Waals surface area (Å²) in [5.41, 5.74) is 9.23. The Bertz CT molecular complexity index is 1270. The highest BCUT2D eigenvalue weighted by Crippen LogP contribution is 2.38. The Morgan fingerprint density at radius 1 is 1.21 bits per heavy atom. The molecule has 0 atom stereocenters. The van der Waals surface area contributed by atoms with Crippen molar-refractivity contribution >= 4 is 47.4 Å². The van der Waals surface area contributed by atoms with E-state index in [1.807, 2.05) is 30.3 Å². The van der Waals surface area contributed by atoms with Gasteiger partial charge in [-0.15, -0.1) is 12.6 Å². The third kappa shape index (κ3) is 4.60. The van der Waals surface area contributed by atoms with Crippen LogP contribution in [0.2, 0.25) is 0 Å². The largest absolute Gasteiger partial charge is 0.404 e. The summed E-state index contributed by atoms with van der Waals surface area (Å²) in [6, 6.07) is 12.9. The molecule has 33 heavy (non-hydrogen) atoms. The number of pyridine rings is 1. The van der Waals surface area contributed by atoms with Gasteiger partial charge in [0, 0.05) is 36.3 Å². The lowest BCUT2D eigenvalue weighted by Crippen LogP contribution is -2.39. The van der Waals surface area contributed by atoms with Gasteiger partial charge in [0.2, 0.25) is 5.91 Å². The maximum Gasteiger partial charge on any atom is 0.262 e. The van der Waals surface area contributed by atoms with Crippen LogP contribution in [0.4, 0.5) is 17.2 Å². The van der Waals surface area contributed by atoms with Gasteiger partial charge in [0.05, 0.1) is 34.9 Å². The molecule has 3 aromatic rings. The Hall–Kier alpha value is -4.05. The lowest BCUT2D eigenvalue weighted by molar-refractivity contribution is -0.126. The normalized spacial score (nSPS) is 13.5. The second kappa shape index (κ2) is 9.21. The lowest BCUT2D eigenvalue weighted by Gasteiger charge is -2.26. The number of hydrogen-bond acceptors (Lipinski definition) is 7. The average molecular weight is 463 g/mol. The summed E-state index contributed by atoms with van der Waals surface area (Å²) in [6.45, 7) is 1.49. The maximum absolute atomic E-state index is 13.2. The molecule has 2 amide bonds. The molecular weight excluding hydrogens is 440 g/mol. The van der Waals surface area contributed by atoms with Gasteiger partial charge in [0.1, 0.15) is 5.82 Å². The van der Waals surface area contributed by atoms with Gasteiger partial charge in [-0.25, -0.2) is 4.98 Å². The summed E-state index contributed by atoms with van der Waals surface area (Å²) >= 11 is 4.09. The number of benzene rings is 1. The zero-order valence-electron chi connectivity index (χ0n) is 17.8. The van der Waals surface area contributed by atoms with E-state index in [2.05, 4.69) is 33.2 Å². The number of ketones is 1. The SMILES string of the molecule is CC(=O)Nc1cc(-c2[nH]c3c(c2Nc2ccccc2)C(=O)CN(C(=O)/C(S)=C/N)C3)ccn1. The predicted molar refractivity (Wildman–Crippen MR) is 129 cm³/mol. The van der Waals surface area contributed by atoms with Gasteiger partial charge in [-0.2, -0.15) is 0 Å². The first-order chi connectivity index (χ1) is 15.9. The fourth-order valence-electron chi connectivity index (χ4n) is 3.70. The minimum absolute atomic E-state index is 0.0646. The minimum atomic E-state index is -0.426. The molecule has 0 radical (unpaired) electrons. The zero-order valence-corrected chi connectivity index (χ0v) is 18.6. The number of aromatic amines is 1. The van der Waals surface area contributed by atoms with Crippen molar-refractivity contribution in [2.24, 2.45) is 5.73 Å². The average Bonchev–Trinajstić information content (AvgIpc) is 3.17. The van der Waals surface area contributed by atoms with Crippen LogP contribution in [0.1, 0.15) is 23.0 Å². The van der Waals surface area contributed by atoms with E-state index >= 15 is 0 Å². The van der Waals surface area contributed by atoms with Crippen LogP contribution in [0.3, 0.4) is 0 Å². The van der Waals surface area contributed by atoms with Crippen LogP contribution in [0.5, 0.6) is 0 Å². The van der Waals surface area contributed by atoms with E-state index in [1.54, 1.807) is 18.3 Å². The van der Waals surface area contributed by atoms with E-state index in [1.165, 1.54) is 11.8 Å². The smallest absolute Gasteiger partial charge is 0.262 e. The number of hydrogen-bond donors (Lipinski definition) is 5. The Labute approximate surface area is 195 Å². The molecule has 0 spiro atoms. The third-order valence-electron chi connectivity index (χ3n) is 5.10. The zero-order chi connectivity index (χ0) is 23.5. The fourth-order valence-corrected chi connectivity index (χ4v) is 3.84. The molecule has 4 rings (SSSR count). The molecule has 1 aliphatic heterocycles. The van der Waals surface area contributed by atoms with Crippen LogP contribution >= 0.6 is 12.6 Å². The minimum Gasteiger partial charge on any atom is -0.404 e. The lowest BCUT2D eigenvalue weighted by atomic mass is 10.0. The summed E-state index contributed by atoms with van der Waals surface area (Å²) in [7, 11) is 0.